The van der Waals surface area contributed by atoms with Crippen molar-refractivity contribution in [3.05, 3.63) is 28.2 Å². The number of halogens is 1. The number of aliphatic carboxylic acids is 1. The van der Waals surface area contributed by atoms with Gasteiger partial charge in [-0.15, -0.1) is 0 Å². The van der Waals surface area contributed by atoms with Crippen molar-refractivity contribution >= 4 is 21.9 Å². The van der Waals surface area contributed by atoms with Gasteiger partial charge in [0, 0.05) is 4.47 Å². The van der Waals surface area contributed by atoms with Gasteiger partial charge in [0.25, 0.3) is 0 Å². The molecule has 1 unspecified atom stereocenters. The fraction of sp³-hybridized carbons (Fsp3) is 0.417. The highest BCUT2D eigenvalue weighted by Gasteiger charge is 2.22. The van der Waals surface area contributed by atoms with Gasteiger partial charge in [0.2, 0.25) is 0 Å². The Morgan fingerprint density at radius 3 is 2.82 bits per heavy atom. The minimum Gasteiger partial charge on any atom is -0.493 e. The summed E-state index contributed by atoms with van der Waals surface area (Å²) in [6.07, 6.45) is 2.44. The Bertz CT molecular complexity index is 432. The summed E-state index contributed by atoms with van der Waals surface area (Å²) in [4.78, 5) is 10.8. The second-order valence-corrected chi connectivity index (χ2v) is 5.21. The number of nitrogens with two attached hydrogens (primary N) is 1. The van der Waals surface area contributed by atoms with Gasteiger partial charge in [-0.2, -0.15) is 0 Å². The normalized spacial score (nSPS) is 16.6. The number of carboxylic acid groups (broad SMARTS) is 1. The molecule has 0 spiro atoms. The fourth-order valence-corrected chi connectivity index (χ4v) is 1.98. The van der Waals surface area contributed by atoms with Gasteiger partial charge < -0.3 is 15.6 Å². The molecule has 5 heteroatoms. The Labute approximate surface area is 108 Å². The molecule has 0 saturated heterocycles. The molecule has 1 aliphatic carbocycles. The molecule has 17 heavy (non-hydrogen) atoms. The molecule has 1 aliphatic rings. The Hall–Kier alpha value is -1.07. The summed E-state index contributed by atoms with van der Waals surface area (Å²) in [5, 5.41) is 8.86. The first-order chi connectivity index (χ1) is 8.06. The summed E-state index contributed by atoms with van der Waals surface area (Å²) < 4.78 is 6.38. The van der Waals surface area contributed by atoms with Crippen molar-refractivity contribution < 1.29 is 14.6 Å². The van der Waals surface area contributed by atoms with E-state index in [4.69, 9.17) is 15.6 Å². The van der Waals surface area contributed by atoms with Gasteiger partial charge >= 0.3 is 5.97 Å². The maximum atomic E-state index is 10.8. The molecule has 3 N–H and O–H groups in total. The third-order valence-electron chi connectivity index (χ3n) is 2.70. The summed E-state index contributed by atoms with van der Waals surface area (Å²) in [5.74, 6) is 0.278. The van der Waals surface area contributed by atoms with Crippen LogP contribution in [0.25, 0.3) is 0 Å². The third-order valence-corrected chi connectivity index (χ3v) is 3.16. The van der Waals surface area contributed by atoms with Gasteiger partial charge in [-0.3, -0.25) is 4.79 Å². The van der Waals surface area contributed by atoms with Crippen LogP contribution in [-0.4, -0.2) is 17.7 Å². The van der Waals surface area contributed by atoms with Crippen LogP contribution in [-0.2, 0) is 4.79 Å². The van der Waals surface area contributed by atoms with Gasteiger partial charge in [-0.25, -0.2) is 0 Å². The van der Waals surface area contributed by atoms with E-state index in [0.717, 1.165) is 4.47 Å². The molecule has 1 aromatic rings. The van der Waals surface area contributed by atoms with Crippen LogP contribution in [0.1, 0.15) is 24.4 Å². The molecule has 0 bridgehead atoms. The summed E-state index contributed by atoms with van der Waals surface area (Å²) in [5.41, 5.74) is 6.11. The topological polar surface area (TPSA) is 72.6 Å². The summed E-state index contributed by atoms with van der Waals surface area (Å²) in [6, 6.07) is 4.19. The first-order valence-electron chi connectivity index (χ1n) is 5.48. The largest absolute Gasteiger partial charge is 0.493 e. The molecule has 1 aromatic carbocycles. The smallest absolute Gasteiger partial charge is 0.325 e. The van der Waals surface area contributed by atoms with Crippen molar-refractivity contribution in [1.29, 1.82) is 0 Å². The van der Waals surface area contributed by atoms with E-state index < -0.39 is 12.0 Å². The first kappa shape index (κ1) is 12.4. The molecule has 4 nitrogen and oxygen atoms in total. The zero-order valence-corrected chi connectivity index (χ0v) is 10.8. The zero-order valence-electron chi connectivity index (χ0n) is 9.23. The number of carboxylic acids is 1. The van der Waals surface area contributed by atoms with E-state index in [-0.39, 0.29) is 0 Å². The van der Waals surface area contributed by atoms with E-state index in [9.17, 15) is 4.79 Å². The highest BCUT2D eigenvalue weighted by Crippen LogP contribution is 2.31. The van der Waals surface area contributed by atoms with Gasteiger partial charge in [-0.05, 0) is 42.5 Å². The van der Waals surface area contributed by atoms with Crippen molar-refractivity contribution in [1.82, 2.24) is 0 Å². The summed E-state index contributed by atoms with van der Waals surface area (Å²) >= 11 is 3.32. The maximum absolute atomic E-state index is 10.8. The van der Waals surface area contributed by atoms with Crippen LogP contribution in [0.3, 0.4) is 0 Å². The Morgan fingerprint density at radius 1 is 1.53 bits per heavy atom. The van der Waals surface area contributed by atoms with E-state index in [2.05, 4.69) is 15.9 Å². The lowest BCUT2D eigenvalue weighted by molar-refractivity contribution is -0.138. The van der Waals surface area contributed by atoms with Gasteiger partial charge in [0.15, 0.2) is 0 Å². The molecule has 1 fully saturated rings. The van der Waals surface area contributed by atoms with Crippen LogP contribution < -0.4 is 10.5 Å². The molecule has 1 atom stereocenters. The molecular formula is C12H14BrNO3. The Kier molecular flexibility index (Phi) is 3.69. The highest BCUT2D eigenvalue weighted by atomic mass is 79.9. The molecular weight excluding hydrogens is 286 g/mol. The molecule has 92 valence electrons. The average Bonchev–Trinajstić information content (AvgIpc) is 3.08. The fourth-order valence-electron chi connectivity index (χ4n) is 1.49. The second-order valence-electron chi connectivity index (χ2n) is 4.29. The first-order valence-corrected chi connectivity index (χ1v) is 6.27. The van der Waals surface area contributed by atoms with Gasteiger partial charge in [-0.1, -0.05) is 15.9 Å². The van der Waals surface area contributed by atoms with Crippen LogP contribution in [0.5, 0.6) is 5.75 Å². The van der Waals surface area contributed by atoms with Crippen LogP contribution in [0.15, 0.2) is 22.7 Å². The number of carbonyl (C=O) groups is 1. The predicted molar refractivity (Wildman–Crippen MR) is 66.9 cm³/mol. The minimum atomic E-state index is -1.05. The highest BCUT2D eigenvalue weighted by molar-refractivity contribution is 9.10. The summed E-state index contributed by atoms with van der Waals surface area (Å²) in [6.45, 7) is 0.693. The number of benzene rings is 1. The lowest BCUT2D eigenvalue weighted by Crippen LogP contribution is -2.20. The standard InChI is InChI=1S/C12H14BrNO3/c13-9-3-8(11(14)12(15)16)4-10(5-9)17-6-7-1-2-7/h3-5,7,11H,1-2,6,14H2,(H,15,16). The molecule has 1 saturated carbocycles. The Morgan fingerprint density at radius 2 is 2.24 bits per heavy atom. The van der Waals surface area contributed by atoms with Crippen molar-refractivity contribution in [2.24, 2.45) is 11.7 Å². The van der Waals surface area contributed by atoms with E-state index in [1.54, 1.807) is 12.1 Å². The number of rotatable bonds is 5. The van der Waals surface area contributed by atoms with E-state index >= 15 is 0 Å². The molecule has 0 aliphatic heterocycles. The van der Waals surface area contributed by atoms with Gasteiger partial charge in [0.1, 0.15) is 11.8 Å². The van der Waals surface area contributed by atoms with E-state index in [0.29, 0.717) is 23.8 Å². The second kappa shape index (κ2) is 5.06. The van der Waals surface area contributed by atoms with Crippen LogP contribution >= 0.6 is 15.9 Å². The minimum absolute atomic E-state index is 0.540. The van der Waals surface area contributed by atoms with Crippen LogP contribution in [0.4, 0.5) is 0 Å². The van der Waals surface area contributed by atoms with Crippen LogP contribution in [0, 0.1) is 5.92 Å². The predicted octanol–water partition coefficient (Wildman–Crippen LogP) is 2.32. The maximum Gasteiger partial charge on any atom is 0.325 e. The molecule has 0 radical (unpaired) electrons. The molecule has 2 rings (SSSR count). The van der Waals surface area contributed by atoms with Crippen LogP contribution in [0.2, 0.25) is 0 Å². The molecule has 0 amide bonds. The van der Waals surface area contributed by atoms with E-state index in [1.807, 2.05) is 6.07 Å². The molecule has 0 aromatic heterocycles. The number of hydrogen-bond acceptors (Lipinski definition) is 3. The average molecular weight is 300 g/mol. The monoisotopic (exact) mass is 299 g/mol. The number of ether oxygens (including phenoxy) is 1. The number of hydrogen-bond donors (Lipinski definition) is 2. The zero-order chi connectivity index (χ0) is 12.4. The summed E-state index contributed by atoms with van der Waals surface area (Å²) in [7, 11) is 0. The lowest BCUT2D eigenvalue weighted by Gasteiger charge is -2.11. The van der Waals surface area contributed by atoms with E-state index in [1.165, 1.54) is 12.8 Å². The van der Waals surface area contributed by atoms with Crippen molar-refractivity contribution in [3.8, 4) is 5.75 Å². The van der Waals surface area contributed by atoms with Crippen molar-refractivity contribution in [3.63, 3.8) is 0 Å². The van der Waals surface area contributed by atoms with Crippen molar-refractivity contribution in [2.45, 2.75) is 18.9 Å². The quantitative estimate of drug-likeness (QED) is 0.875. The van der Waals surface area contributed by atoms with Gasteiger partial charge in [0.05, 0.1) is 6.61 Å². The SMILES string of the molecule is NC(C(=O)O)c1cc(Br)cc(OCC2CC2)c1. The Balaban J connectivity index is 2.12. The lowest BCUT2D eigenvalue weighted by atomic mass is 10.1. The van der Waals surface area contributed by atoms with Crippen molar-refractivity contribution in [2.75, 3.05) is 6.61 Å². The molecule has 0 heterocycles. The third kappa shape index (κ3) is 3.44.